The van der Waals surface area contributed by atoms with Gasteiger partial charge in [0, 0.05) is 4.90 Å². The van der Waals surface area contributed by atoms with Crippen LogP contribution in [0.5, 0.6) is 0 Å². The molecule has 0 N–H and O–H groups in total. The molecule has 0 aromatic heterocycles. The van der Waals surface area contributed by atoms with E-state index in [1.807, 2.05) is 18.4 Å². The Morgan fingerprint density at radius 2 is 2.20 bits per heavy atom. The van der Waals surface area contributed by atoms with Crippen molar-refractivity contribution in [3.8, 4) is 0 Å². The molecule has 1 rings (SSSR count). The van der Waals surface area contributed by atoms with Gasteiger partial charge in [-0.3, -0.25) is 4.79 Å². The highest BCUT2D eigenvalue weighted by molar-refractivity contribution is 7.98. The van der Waals surface area contributed by atoms with Crippen LogP contribution in [0.4, 0.5) is 0 Å². The van der Waals surface area contributed by atoms with Crippen LogP contribution in [-0.4, -0.2) is 12.0 Å². The molecule has 0 spiro atoms. The molecule has 15 heavy (non-hydrogen) atoms. The van der Waals surface area contributed by atoms with Crippen LogP contribution in [0.2, 0.25) is 0 Å². The van der Waals surface area contributed by atoms with Crippen LogP contribution in [-0.2, 0) is 11.2 Å². The Bertz CT molecular complexity index is 363. The number of Topliss-reactive ketones (excluding diaryl/α,β-unsaturated/α-hetero) is 1. The van der Waals surface area contributed by atoms with E-state index in [2.05, 4.69) is 13.0 Å². The van der Waals surface area contributed by atoms with E-state index in [1.165, 1.54) is 17.4 Å². The monoisotopic (exact) mass is 242 g/mol. The van der Waals surface area contributed by atoms with Crippen molar-refractivity contribution in [3.05, 3.63) is 29.3 Å². The molecule has 1 nitrogen and oxygen atoms in total. The van der Waals surface area contributed by atoms with E-state index in [1.54, 1.807) is 11.8 Å². The average molecular weight is 243 g/mol. The standard InChI is InChI=1S/C12H15ClOS/c1-4-9-10(12(13)8(2)14)6-5-7-11(9)15-3/h5-7,12H,4H2,1-3H3. The molecule has 0 aliphatic carbocycles. The number of halogens is 1. The number of alkyl halides is 1. The molecule has 1 atom stereocenters. The highest BCUT2D eigenvalue weighted by Crippen LogP contribution is 2.31. The van der Waals surface area contributed by atoms with E-state index in [0.717, 1.165) is 12.0 Å². The van der Waals surface area contributed by atoms with E-state index < -0.39 is 5.38 Å². The Morgan fingerprint density at radius 1 is 1.53 bits per heavy atom. The van der Waals surface area contributed by atoms with Crippen molar-refractivity contribution >= 4 is 29.1 Å². The van der Waals surface area contributed by atoms with Gasteiger partial charge in [0.05, 0.1) is 0 Å². The third kappa shape index (κ3) is 2.76. The summed E-state index contributed by atoms with van der Waals surface area (Å²) in [7, 11) is 0. The van der Waals surface area contributed by atoms with Gasteiger partial charge in [-0.2, -0.15) is 0 Å². The molecule has 0 aliphatic heterocycles. The maximum Gasteiger partial charge on any atom is 0.152 e. The lowest BCUT2D eigenvalue weighted by Gasteiger charge is -2.14. The van der Waals surface area contributed by atoms with Crippen LogP contribution in [0, 0.1) is 0 Å². The second-order valence-corrected chi connectivity index (χ2v) is 4.64. The Hall–Kier alpha value is -0.470. The van der Waals surface area contributed by atoms with E-state index in [-0.39, 0.29) is 5.78 Å². The zero-order chi connectivity index (χ0) is 11.4. The SMILES string of the molecule is CCc1c(SC)cccc1C(Cl)C(C)=O. The van der Waals surface area contributed by atoms with Crippen molar-refractivity contribution in [1.29, 1.82) is 0 Å². The van der Waals surface area contributed by atoms with Gasteiger partial charge in [-0.15, -0.1) is 23.4 Å². The molecular weight excluding hydrogens is 228 g/mol. The lowest BCUT2D eigenvalue weighted by atomic mass is 10.0. The van der Waals surface area contributed by atoms with Crippen molar-refractivity contribution in [2.24, 2.45) is 0 Å². The van der Waals surface area contributed by atoms with Gasteiger partial charge in [-0.1, -0.05) is 19.1 Å². The van der Waals surface area contributed by atoms with Gasteiger partial charge in [-0.25, -0.2) is 0 Å². The van der Waals surface area contributed by atoms with Crippen molar-refractivity contribution < 1.29 is 4.79 Å². The van der Waals surface area contributed by atoms with Gasteiger partial charge >= 0.3 is 0 Å². The first kappa shape index (κ1) is 12.6. The fourth-order valence-corrected chi connectivity index (χ4v) is 2.54. The van der Waals surface area contributed by atoms with E-state index in [4.69, 9.17) is 11.6 Å². The maximum absolute atomic E-state index is 11.3. The third-order valence-corrected chi connectivity index (χ3v) is 3.74. The molecule has 1 unspecified atom stereocenters. The first-order chi connectivity index (χ1) is 7.11. The lowest BCUT2D eigenvalue weighted by Crippen LogP contribution is -2.05. The molecule has 0 heterocycles. The predicted molar refractivity (Wildman–Crippen MR) is 66.9 cm³/mol. The molecule has 3 heteroatoms. The van der Waals surface area contributed by atoms with E-state index in [0.29, 0.717) is 0 Å². The molecule has 82 valence electrons. The van der Waals surface area contributed by atoms with E-state index >= 15 is 0 Å². The summed E-state index contributed by atoms with van der Waals surface area (Å²) in [5.74, 6) is 0.00428. The molecule has 0 aliphatic rings. The summed E-state index contributed by atoms with van der Waals surface area (Å²) in [6.45, 7) is 3.62. The quantitative estimate of drug-likeness (QED) is 0.590. The molecule has 0 radical (unpaired) electrons. The Kier molecular flexibility index (Phi) is 4.68. The number of carbonyl (C=O) groups excluding carboxylic acids is 1. The number of carbonyl (C=O) groups is 1. The number of rotatable bonds is 4. The smallest absolute Gasteiger partial charge is 0.152 e. The molecule has 1 aromatic rings. The fraction of sp³-hybridized carbons (Fsp3) is 0.417. The molecule has 0 amide bonds. The molecule has 1 aromatic carbocycles. The summed E-state index contributed by atoms with van der Waals surface area (Å²) in [5.41, 5.74) is 2.15. The van der Waals surface area contributed by atoms with Crippen LogP contribution in [0.15, 0.2) is 23.1 Å². The number of benzene rings is 1. The molecule has 0 bridgehead atoms. The van der Waals surface area contributed by atoms with Gasteiger partial charge in [0.25, 0.3) is 0 Å². The number of hydrogen-bond acceptors (Lipinski definition) is 2. The molecule has 0 fully saturated rings. The maximum atomic E-state index is 11.3. The minimum atomic E-state index is -0.507. The zero-order valence-corrected chi connectivity index (χ0v) is 10.8. The number of hydrogen-bond donors (Lipinski definition) is 0. The summed E-state index contributed by atoms with van der Waals surface area (Å²) in [5, 5.41) is -0.507. The Morgan fingerprint density at radius 3 is 2.67 bits per heavy atom. The minimum absolute atomic E-state index is 0.00428. The van der Waals surface area contributed by atoms with E-state index in [9.17, 15) is 4.79 Å². The topological polar surface area (TPSA) is 17.1 Å². The van der Waals surface area contributed by atoms with Crippen molar-refractivity contribution in [2.45, 2.75) is 30.5 Å². The largest absolute Gasteiger partial charge is 0.298 e. The van der Waals surface area contributed by atoms with Crippen molar-refractivity contribution in [2.75, 3.05) is 6.26 Å². The predicted octanol–water partition coefficient (Wildman–Crippen LogP) is 3.84. The van der Waals surface area contributed by atoms with Gasteiger partial charge in [0.2, 0.25) is 0 Å². The van der Waals surface area contributed by atoms with Crippen molar-refractivity contribution in [1.82, 2.24) is 0 Å². The highest BCUT2D eigenvalue weighted by atomic mass is 35.5. The highest BCUT2D eigenvalue weighted by Gasteiger charge is 2.17. The van der Waals surface area contributed by atoms with Crippen LogP contribution >= 0.6 is 23.4 Å². The average Bonchev–Trinajstić information content (AvgIpc) is 2.26. The zero-order valence-electron chi connectivity index (χ0n) is 9.21. The normalized spacial score (nSPS) is 12.5. The van der Waals surface area contributed by atoms with Crippen LogP contribution in [0.1, 0.15) is 30.4 Å². The summed E-state index contributed by atoms with van der Waals surface area (Å²) >= 11 is 7.79. The second kappa shape index (κ2) is 5.57. The van der Waals surface area contributed by atoms with Gasteiger partial charge in [-0.05, 0) is 36.8 Å². The summed E-state index contributed by atoms with van der Waals surface area (Å²) in [6.07, 6.45) is 2.94. The van der Waals surface area contributed by atoms with Crippen LogP contribution in [0.3, 0.4) is 0 Å². The molecule has 0 saturated carbocycles. The number of ketones is 1. The number of thioether (sulfide) groups is 1. The minimum Gasteiger partial charge on any atom is -0.298 e. The Labute approximate surface area is 100 Å². The summed E-state index contributed by atoms with van der Waals surface area (Å²) in [4.78, 5) is 12.5. The van der Waals surface area contributed by atoms with Gasteiger partial charge in [0.15, 0.2) is 5.78 Å². The van der Waals surface area contributed by atoms with Crippen molar-refractivity contribution in [3.63, 3.8) is 0 Å². The van der Waals surface area contributed by atoms with Crippen LogP contribution in [0.25, 0.3) is 0 Å². The summed E-state index contributed by atoms with van der Waals surface area (Å²) in [6, 6.07) is 5.97. The molecular formula is C12H15ClOS. The molecule has 0 saturated heterocycles. The van der Waals surface area contributed by atoms with Crippen LogP contribution < -0.4 is 0 Å². The Balaban J connectivity index is 3.22. The van der Waals surface area contributed by atoms with Gasteiger partial charge < -0.3 is 0 Å². The first-order valence-corrected chi connectivity index (χ1v) is 6.58. The fourth-order valence-electron chi connectivity index (χ4n) is 1.61. The third-order valence-electron chi connectivity index (χ3n) is 2.37. The first-order valence-electron chi connectivity index (χ1n) is 4.92. The summed E-state index contributed by atoms with van der Waals surface area (Å²) < 4.78 is 0. The lowest BCUT2D eigenvalue weighted by molar-refractivity contribution is -0.116. The second-order valence-electron chi connectivity index (χ2n) is 3.35. The van der Waals surface area contributed by atoms with Gasteiger partial charge in [0.1, 0.15) is 5.38 Å².